The Balaban J connectivity index is 1.67. The van der Waals surface area contributed by atoms with Gasteiger partial charge in [-0.3, -0.25) is 14.6 Å². The number of fused-ring (bicyclic) bond motifs is 1. The second-order valence-corrected chi connectivity index (χ2v) is 6.09. The second kappa shape index (κ2) is 6.97. The number of ether oxygens (including phenoxy) is 2. The first-order valence-electron chi connectivity index (χ1n) is 7.45. The predicted molar refractivity (Wildman–Crippen MR) is 89.0 cm³/mol. The first-order valence-corrected chi connectivity index (χ1v) is 8.33. The summed E-state index contributed by atoms with van der Waals surface area (Å²) in [6.07, 6.45) is 1.70. The van der Waals surface area contributed by atoms with Crippen LogP contribution in [0.15, 0.2) is 29.8 Å². The topological polar surface area (TPSA) is 54.9 Å². The minimum Gasteiger partial charge on any atom is -0.454 e. The Morgan fingerprint density at radius 2 is 2.26 bits per heavy atom. The van der Waals surface area contributed by atoms with Gasteiger partial charge < -0.3 is 9.47 Å². The van der Waals surface area contributed by atoms with Crippen molar-refractivity contribution < 1.29 is 14.3 Å². The summed E-state index contributed by atoms with van der Waals surface area (Å²) in [6.45, 7) is 4.03. The van der Waals surface area contributed by atoms with Crippen molar-refractivity contribution in [2.45, 2.75) is 13.5 Å². The van der Waals surface area contributed by atoms with Gasteiger partial charge in [0.15, 0.2) is 16.6 Å². The first kappa shape index (κ1) is 15.8. The molecule has 3 rings (SSSR count). The fraction of sp³-hybridized carbons (Fsp3) is 0.375. The summed E-state index contributed by atoms with van der Waals surface area (Å²) >= 11 is 1.45. The average Bonchev–Trinajstić information content (AvgIpc) is 3.24. The van der Waals surface area contributed by atoms with Crippen molar-refractivity contribution in [3.05, 3.63) is 35.3 Å². The molecule has 0 bridgehead atoms. The van der Waals surface area contributed by atoms with Crippen molar-refractivity contribution in [3.8, 4) is 11.5 Å². The number of amides is 1. The molecule has 2 heterocycles. The van der Waals surface area contributed by atoms with E-state index in [1.807, 2.05) is 30.5 Å². The Morgan fingerprint density at radius 1 is 1.39 bits per heavy atom. The van der Waals surface area contributed by atoms with Crippen LogP contribution < -0.4 is 14.4 Å². The SMILES string of the molecule is CCN(CC(=O)N(C)c1nccs1)Cc1cccc2c1OCO2. The molecule has 7 heteroatoms. The Kier molecular flexibility index (Phi) is 4.78. The van der Waals surface area contributed by atoms with Gasteiger partial charge in [0.05, 0.1) is 6.54 Å². The fourth-order valence-electron chi connectivity index (χ4n) is 2.42. The zero-order valence-corrected chi connectivity index (χ0v) is 14.0. The van der Waals surface area contributed by atoms with Crippen LogP contribution in [0.5, 0.6) is 11.5 Å². The van der Waals surface area contributed by atoms with Crippen LogP contribution in [0.4, 0.5) is 5.13 Å². The van der Waals surface area contributed by atoms with Crippen LogP contribution in [-0.2, 0) is 11.3 Å². The molecule has 0 N–H and O–H groups in total. The number of carbonyl (C=O) groups is 1. The van der Waals surface area contributed by atoms with E-state index in [1.54, 1.807) is 18.1 Å². The molecule has 1 amide bonds. The number of aromatic nitrogens is 1. The summed E-state index contributed by atoms with van der Waals surface area (Å²) in [5, 5.41) is 2.57. The van der Waals surface area contributed by atoms with Crippen LogP contribution in [0.25, 0.3) is 0 Å². The second-order valence-electron chi connectivity index (χ2n) is 5.22. The van der Waals surface area contributed by atoms with Crippen molar-refractivity contribution in [2.24, 2.45) is 0 Å². The van der Waals surface area contributed by atoms with Gasteiger partial charge in [0.1, 0.15) is 0 Å². The lowest BCUT2D eigenvalue weighted by Gasteiger charge is -2.23. The van der Waals surface area contributed by atoms with E-state index in [4.69, 9.17) is 9.47 Å². The van der Waals surface area contributed by atoms with E-state index in [2.05, 4.69) is 9.88 Å². The summed E-state index contributed by atoms with van der Waals surface area (Å²) in [4.78, 5) is 20.3. The fourth-order valence-corrected chi connectivity index (χ4v) is 3.05. The average molecular weight is 333 g/mol. The van der Waals surface area contributed by atoms with Crippen molar-refractivity contribution in [3.63, 3.8) is 0 Å². The van der Waals surface area contributed by atoms with E-state index in [0.717, 1.165) is 23.6 Å². The van der Waals surface area contributed by atoms with E-state index >= 15 is 0 Å². The summed E-state index contributed by atoms with van der Waals surface area (Å²) in [5.41, 5.74) is 1.03. The van der Waals surface area contributed by atoms with Gasteiger partial charge in [0.2, 0.25) is 12.7 Å². The normalized spacial score (nSPS) is 12.7. The van der Waals surface area contributed by atoms with Crippen LogP contribution in [-0.4, -0.2) is 42.7 Å². The molecule has 1 aliphatic heterocycles. The zero-order chi connectivity index (χ0) is 16.2. The molecule has 0 saturated heterocycles. The number of hydrogen-bond donors (Lipinski definition) is 0. The predicted octanol–water partition coefficient (Wildman–Crippen LogP) is 2.36. The molecule has 1 aliphatic rings. The minimum absolute atomic E-state index is 0.0199. The molecule has 23 heavy (non-hydrogen) atoms. The van der Waals surface area contributed by atoms with E-state index in [-0.39, 0.29) is 12.7 Å². The Hall–Kier alpha value is -2.12. The van der Waals surface area contributed by atoms with Crippen molar-refractivity contribution in [2.75, 3.05) is 31.8 Å². The van der Waals surface area contributed by atoms with Gasteiger partial charge in [0, 0.05) is 30.7 Å². The van der Waals surface area contributed by atoms with E-state index in [9.17, 15) is 4.79 Å². The largest absolute Gasteiger partial charge is 0.454 e. The van der Waals surface area contributed by atoms with Crippen LogP contribution >= 0.6 is 11.3 Å². The zero-order valence-electron chi connectivity index (χ0n) is 13.2. The monoisotopic (exact) mass is 333 g/mol. The van der Waals surface area contributed by atoms with Crippen molar-refractivity contribution in [1.82, 2.24) is 9.88 Å². The van der Waals surface area contributed by atoms with Gasteiger partial charge in [-0.05, 0) is 12.6 Å². The molecule has 0 saturated carbocycles. The van der Waals surface area contributed by atoms with Crippen LogP contribution in [0.2, 0.25) is 0 Å². The molecule has 1 aromatic heterocycles. The van der Waals surface area contributed by atoms with Gasteiger partial charge in [-0.1, -0.05) is 19.1 Å². The van der Waals surface area contributed by atoms with Crippen LogP contribution in [0, 0.1) is 0 Å². The van der Waals surface area contributed by atoms with E-state index < -0.39 is 0 Å². The molecule has 0 unspecified atom stereocenters. The van der Waals surface area contributed by atoms with Gasteiger partial charge in [-0.25, -0.2) is 4.98 Å². The Morgan fingerprint density at radius 3 is 3.00 bits per heavy atom. The standard InChI is InChI=1S/C16H19N3O3S/c1-3-19(10-14(20)18(2)16-17-7-8-23-16)9-12-5-4-6-13-15(12)22-11-21-13/h4-8H,3,9-11H2,1-2H3. The summed E-state index contributed by atoms with van der Waals surface area (Å²) in [7, 11) is 1.76. The number of benzene rings is 1. The molecule has 0 aliphatic carbocycles. The maximum atomic E-state index is 12.4. The van der Waals surface area contributed by atoms with Gasteiger partial charge in [-0.2, -0.15) is 0 Å². The minimum atomic E-state index is 0.0199. The lowest BCUT2D eigenvalue weighted by Crippen LogP contribution is -2.38. The third-order valence-electron chi connectivity index (χ3n) is 3.76. The highest BCUT2D eigenvalue weighted by molar-refractivity contribution is 7.13. The Labute approximate surface area is 139 Å². The van der Waals surface area contributed by atoms with Gasteiger partial charge in [0.25, 0.3) is 0 Å². The molecule has 0 atom stereocenters. The smallest absolute Gasteiger partial charge is 0.242 e. The molecule has 122 valence electrons. The van der Waals surface area contributed by atoms with Crippen molar-refractivity contribution >= 4 is 22.4 Å². The highest BCUT2D eigenvalue weighted by atomic mass is 32.1. The number of anilines is 1. The number of carbonyl (C=O) groups excluding carboxylic acids is 1. The molecule has 0 fully saturated rings. The number of likely N-dealkylation sites (N-methyl/N-ethyl adjacent to an activating group) is 2. The molecule has 2 aromatic rings. The number of para-hydroxylation sites is 1. The quantitative estimate of drug-likeness (QED) is 0.812. The number of thiazole rings is 1. The van der Waals surface area contributed by atoms with Gasteiger partial charge >= 0.3 is 0 Å². The Bertz CT molecular complexity index is 675. The summed E-state index contributed by atoms with van der Waals surface area (Å²) < 4.78 is 10.9. The lowest BCUT2D eigenvalue weighted by molar-refractivity contribution is -0.119. The van der Waals surface area contributed by atoms with Gasteiger partial charge in [-0.15, -0.1) is 11.3 Å². The van der Waals surface area contributed by atoms with Crippen LogP contribution in [0.1, 0.15) is 12.5 Å². The number of hydrogen-bond acceptors (Lipinski definition) is 6. The summed E-state index contributed by atoms with van der Waals surface area (Å²) in [6, 6.07) is 5.84. The third kappa shape index (κ3) is 3.46. The van der Waals surface area contributed by atoms with E-state index in [1.165, 1.54) is 11.3 Å². The highest BCUT2D eigenvalue weighted by Crippen LogP contribution is 2.35. The van der Waals surface area contributed by atoms with E-state index in [0.29, 0.717) is 18.2 Å². The molecule has 1 aromatic carbocycles. The molecular weight excluding hydrogens is 314 g/mol. The highest BCUT2D eigenvalue weighted by Gasteiger charge is 2.21. The number of rotatable bonds is 6. The molecular formula is C16H19N3O3S. The molecule has 0 spiro atoms. The lowest BCUT2D eigenvalue weighted by atomic mass is 10.1. The summed E-state index contributed by atoms with van der Waals surface area (Å²) in [5.74, 6) is 1.57. The molecule has 0 radical (unpaired) electrons. The molecule has 6 nitrogen and oxygen atoms in total. The van der Waals surface area contributed by atoms with Crippen molar-refractivity contribution in [1.29, 1.82) is 0 Å². The maximum Gasteiger partial charge on any atom is 0.242 e. The third-order valence-corrected chi connectivity index (χ3v) is 4.61. The number of nitrogens with zero attached hydrogens (tertiary/aromatic N) is 3. The van der Waals surface area contributed by atoms with Crippen LogP contribution in [0.3, 0.4) is 0 Å². The first-order chi connectivity index (χ1) is 11.2. The maximum absolute atomic E-state index is 12.4.